The van der Waals surface area contributed by atoms with Crippen LogP contribution in [0.25, 0.3) is 10.9 Å². The zero-order valence-electron chi connectivity index (χ0n) is 10.5. The minimum Gasteiger partial charge on any atom is -0.478 e. The second-order valence-corrected chi connectivity index (χ2v) is 4.26. The lowest BCUT2D eigenvalue weighted by Gasteiger charge is -2.09. The zero-order valence-corrected chi connectivity index (χ0v) is 10.5. The molecule has 3 aromatic rings. The molecule has 2 aromatic carbocycles. The number of pyridine rings is 1. The zero-order chi connectivity index (χ0) is 13.9. The monoisotopic (exact) mass is 265 g/mol. The highest BCUT2D eigenvalue weighted by Crippen LogP contribution is 2.27. The number of aromatic nitrogens is 1. The number of hydrogen-bond donors (Lipinski definition) is 1. The predicted molar refractivity (Wildman–Crippen MR) is 75.2 cm³/mol. The maximum absolute atomic E-state index is 11.1. The Balaban J connectivity index is 1.99. The smallest absolute Gasteiger partial charge is 0.339 e. The molecule has 0 aliphatic heterocycles. The maximum Gasteiger partial charge on any atom is 0.339 e. The normalized spacial score (nSPS) is 10.4. The van der Waals surface area contributed by atoms with Gasteiger partial charge in [-0.05, 0) is 30.3 Å². The van der Waals surface area contributed by atoms with Crippen molar-refractivity contribution >= 4 is 16.9 Å². The predicted octanol–water partition coefficient (Wildman–Crippen LogP) is 3.73. The first kappa shape index (κ1) is 12.2. The molecule has 3 rings (SSSR count). The van der Waals surface area contributed by atoms with Gasteiger partial charge in [0.2, 0.25) is 0 Å². The molecule has 0 radical (unpaired) electrons. The Morgan fingerprint density at radius 3 is 2.75 bits per heavy atom. The molecule has 0 aliphatic rings. The number of nitrogens with zero attached hydrogens (tertiary/aromatic N) is 1. The van der Waals surface area contributed by atoms with Gasteiger partial charge in [-0.2, -0.15) is 0 Å². The van der Waals surface area contributed by atoms with Gasteiger partial charge in [0.15, 0.2) is 0 Å². The van der Waals surface area contributed by atoms with Gasteiger partial charge >= 0.3 is 5.97 Å². The summed E-state index contributed by atoms with van der Waals surface area (Å²) in [5.74, 6) is -0.139. The summed E-state index contributed by atoms with van der Waals surface area (Å²) in [7, 11) is 0. The number of carboxylic acid groups (broad SMARTS) is 1. The standard InChI is InChI=1S/C16H11NO3/c18-16(19)13-5-1-2-6-15(13)20-12-8-7-11-4-3-9-17-14(11)10-12/h1-10H,(H,18,19). The highest BCUT2D eigenvalue weighted by Gasteiger charge is 2.11. The van der Waals surface area contributed by atoms with Gasteiger partial charge in [0.05, 0.1) is 5.52 Å². The van der Waals surface area contributed by atoms with Gasteiger partial charge in [-0.3, -0.25) is 4.98 Å². The van der Waals surface area contributed by atoms with Gasteiger partial charge in [-0.15, -0.1) is 0 Å². The molecule has 20 heavy (non-hydrogen) atoms. The molecule has 1 N–H and O–H groups in total. The third-order valence-corrected chi connectivity index (χ3v) is 2.92. The number of hydrogen-bond acceptors (Lipinski definition) is 3. The van der Waals surface area contributed by atoms with Crippen LogP contribution in [-0.4, -0.2) is 16.1 Å². The summed E-state index contributed by atoms with van der Waals surface area (Å²) in [6, 6.07) is 15.8. The van der Waals surface area contributed by atoms with Crippen molar-refractivity contribution in [2.75, 3.05) is 0 Å². The fraction of sp³-hybridized carbons (Fsp3) is 0. The number of carboxylic acids is 1. The third-order valence-electron chi connectivity index (χ3n) is 2.92. The second kappa shape index (κ2) is 5.01. The van der Waals surface area contributed by atoms with E-state index in [1.54, 1.807) is 36.5 Å². The lowest BCUT2D eigenvalue weighted by Crippen LogP contribution is -1.99. The molecular weight excluding hydrogens is 254 g/mol. The molecule has 4 nitrogen and oxygen atoms in total. The van der Waals surface area contributed by atoms with Crippen LogP contribution in [0.5, 0.6) is 11.5 Å². The fourth-order valence-electron chi connectivity index (χ4n) is 1.97. The summed E-state index contributed by atoms with van der Waals surface area (Å²) in [4.78, 5) is 15.4. The van der Waals surface area contributed by atoms with Gasteiger partial charge < -0.3 is 9.84 Å². The van der Waals surface area contributed by atoms with Crippen molar-refractivity contribution in [1.29, 1.82) is 0 Å². The highest BCUT2D eigenvalue weighted by molar-refractivity contribution is 5.91. The van der Waals surface area contributed by atoms with E-state index < -0.39 is 5.97 Å². The van der Waals surface area contributed by atoms with Gasteiger partial charge in [-0.1, -0.05) is 18.2 Å². The Morgan fingerprint density at radius 1 is 1.05 bits per heavy atom. The van der Waals surface area contributed by atoms with E-state index in [1.807, 2.05) is 18.2 Å². The molecule has 0 saturated carbocycles. The molecule has 4 heteroatoms. The number of ether oxygens (including phenoxy) is 1. The highest BCUT2D eigenvalue weighted by atomic mass is 16.5. The minimum absolute atomic E-state index is 0.133. The van der Waals surface area contributed by atoms with Crippen molar-refractivity contribution in [1.82, 2.24) is 4.98 Å². The average molecular weight is 265 g/mol. The lowest BCUT2D eigenvalue weighted by atomic mass is 10.2. The van der Waals surface area contributed by atoms with Crippen molar-refractivity contribution in [3.05, 3.63) is 66.4 Å². The average Bonchev–Trinajstić information content (AvgIpc) is 2.47. The van der Waals surface area contributed by atoms with Crippen LogP contribution in [0.4, 0.5) is 0 Å². The summed E-state index contributed by atoms with van der Waals surface area (Å²) in [5, 5.41) is 10.1. The summed E-state index contributed by atoms with van der Waals surface area (Å²) in [6.45, 7) is 0. The Morgan fingerprint density at radius 2 is 1.90 bits per heavy atom. The quantitative estimate of drug-likeness (QED) is 0.784. The topological polar surface area (TPSA) is 59.4 Å². The molecule has 0 amide bonds. The molecule has 0 spiro atoms. The number of fused-ring (bicyclic) bond motifs is 1. The fourth-order valence-corrected chi connectivity index (χ4v) is 1.97. The van der Waals surface area contributed by atoms with Crippen LogP contribution in [0, 0.1) is 0 Å². The van der Waals surface area contributed by atoms with Crippen LogP contribution < -0.4 is 4.74 Å². The van der Waals surface area contributed by atoms with Crippen LogP contribution in [-0.2, 0) is 0 Å². The van der Waals surface area contributed by atoms with E-state index in [0.717, 1.165) is 10.9 Å². The molecule has 0 saturated heterocycles. The van der Waals surface area contributed by atoms with E-state index in [9.17, 15) is 4.79 Å². The molecule has 0 unspecified atom stereocenters. The maximum atomic E-state index is 11.1. The van der Waals surface area contributed by atoms with E-state index in [4.69, 9.17) is 9.84 Å². The van der Waals surface area contributed by atoms with E-state index >= 15 is 0 Å². The van der Waals surface area contributed by atoms with Gasteiger partial charge in [0, 0.05) is 17.6 Å². The number of benzene rings is 2. The number of carbonyl (C=O) groups is 1. The molecule has 98 valence electrons. The number of rotatable bonds is 3. The molecular formula is C16H11NO3. The molecule has 0 fully saturated rings. The molecule has 0 bridgehead atoms. The molecule has 1 heterocycles. The first-order chi connectivity index (χ1) is 9.74. The van der Waals surface area contributed by atoms with Crippen molar-refractivity contribution in [3.63, 3.8) is 0 Å². The van der Waals surface area contributed by atoms with Crippen LogP contribution in [0.2, 0.25) is 0 Å². The Bertz CT molecular complexity index is 783. The Labute approximate surface area is 115 Å². The van der Waals surface area contributed by atoms with Crippen molar-refractivity contribution < 1.29 is 14.6 Å². The van der Waals surface area contributed by atoms with Crippen LogP contribution in [0.15, 0.2) is 60.8 Å². The summed E-state index contributed by atoms with van der Waals surface area (Å²) >= 11 is 0. The Kier molecular flexibility index (Phi) is 3.05. The summed E-state index contributed by atoms with van der Waals surface area (Å²) < 4.78 is 5.66. The first-order valence-electron chi connectivity index (χ1n) is 6.09. The van der Waals surface area contributed by atoms with Crippen LogP contribution in [0.1, 0.15) is 10.4 Å². The van der Waals surface area contributed by atoms with E-state index in [2.05, 4.69) is 4.98 Å². The van der Waals surface area contributed by atoms with E-state index in [0.29, 0.717) is 11.5 Å². The van der Waals surface area contributed by atoms with Gasteiger partial charge in [0.25, 0.3) is 0 Å². The van der Waals surface area contributed by atoms with Crippen LogP contribution in [0.3, 0.4) is 0 Å². The van der Waals surface area contributed by atoms with E-state index in [-0.39, 0.29) is 5.56 Å². The second-order valence-electron chi connectivity index (χ2n) is 4.26. The van der Waals surface area contributed by atoms with Gasteiger partial charge in [-0.25, -0.2) is 4.79 Å². The SMILES string of the molecule is O=C(O)c1ccccc1Oc1ccc2cccnc2c1. The summed E-state index contributed by atoms with van der Waals surface area (Å²) in [5.41, 5.74) is 0.937. The number of aromatic carboxylic acids is 1. The molecule has 0 aliphatic carbocycles. The van der Waals surface area contributed by atoms with Crippen LogP contribution >= 0.6 is 0 Å². The summed E-state index contributed by atoms with van der Waals surface area (Å²) in [6.07, 6.45) is 1.71. The van der Waals surface area contributed by atoms with Crippen molar-refractivity contribution in [2.24, 2.45) is 0 Å². The third kappa shape index (κ3) is 2.31. The van der Waals surface area contributed by atoms with Crippen molar-refractivity contribution in [3.8, 4) is 11.5 Å². The lowest BCUT2D eigenvalue weighted by molar-refractivity contribution is 0.0694. The molecule has 0 atom stereocenters. The first-order valence-corrected chi connectivity index (χ1v) is 6.09. The minimum atomic E-state index is -1.01. The Hall–Kier alpha value is -2.88. The number of para-hydroxylation sites is 1. The largest absolute Gasteiger partial charge is 0.478 e. The van der Waals surface area contributed by atoms with Crippen molar-refractivity contribution in [2.45, 2.75) is 0 Å². The van der Waals surface area contributed by atoms with Gasteiger partial charge in [0.1, 0.15) is 17.1 Å². The molecule has 1 aromatic heterocycles. The van der Waals surface area contributed by atoms with E-state index in [1.165, 1.54) is 6.07 Å².